The first kappa shape index (κ1) is 19.9. The van der Waals surface area contributed by atoms with Crippen molar-refractivity contribution in [3.8, 4) is 0 Å². The van der Waals surface area contributed by atoms with E-state index >= 15 is 0 Å². The van der Waals surface area contributed by atoms with Crippen LogP contribution in [0.4, 0.5) is 0 Å². The van der Waals surface area contributed by atoms with Crippen molar-refractivity contribution in [3.05, 3.63) is 74.8 Å². The number of aromatic carboxylic acids is 1. The molecule has 0 aromatic heterocycles. The normalized spacial score (nSPS) is 17.3. The number of carboxylic acids is 1. The molecular formula is C24H27BrO2. The maximum absolute atomic E-state index is 11.3. The number of benzene rings is 2. The number of aryl methyl sites for hydroxylation is 1. The summed E-state index contributed by atoms with van der Waals surface area (Å²) in [7, 11) is 0. The molecule has 0 radical (unpaired) electrons. The first-order valence-corrected chi connectivity index (χ1v) is 10.1. The molecule has 3 rings (SSSR count). The Bertz CT molecular complexity index is 951. The predicted octanol–water partition coefficient (Wildman–Crippen LogP) is 6.87. The second-order valence-corrected chi connectivity index (χ2v) is 9.81. The molecule has 3 heteroatoms. The van der Waals surface area contributed by atoms with Gasteiger partial charge in [-0.05, 0) is 92.0 Å². The number of rotatable bonds is 3. The Morgan fingerprint density at radius 3 is 2.07 bits per heavy atom. The van der Waals surface area contributed by atoms with Crippen molar-refractivity contribution in [3.63, 3.8) is 0 Å². The largest absolute Gasteiger partial charge is 0.478 e. The van der Waals surface area contributed by atoms with Gasteiger partial charge < -0.3 is 5.11 Å². The summed E-state index contributed by atoms with van der Waals surface area (Å²) in [5.74, 6) is -0.937. The van der Waals surface area contributed by atoms with Gasteiger partial charge >= 0.3 is 5.97 Å². The van der Waals surface area contributed by atoms with E-state index in [4.69, 9.17) is 0 Å². The molecule has 1 N–H and O–H groups in total. The zero-order valence-electron chi connectivity index (χ0n) is 16.7. The molecule has 27 heavy (non-hydrogen) atoms. The van der Waals surface area contributed by atoms with E-state index in [0.29, 0.717) is 4.47 Å². The van der Waals surface area contributed by atoms with Crippen molar-refractivity contribution in [2.24, 2.45) is 0 Å². The van der Waals surface area contributed by atoms with Gasteiger partial charge in [0, 0.05) is 4.47 Å². The second-order valence-electron chi connectivity index (χ2n) is 8.96. The van der Waals surface area contributed by atoms with Crippen LogP contribution in [-0.2, 0) is 10.8 Å². The minimum Gasteiger partial charge on any atom is -0.478 e. The van der Waals surface area contributed by atoms with Crippen molar-refractivity contribution in [2.45, 2.75) is 58.3 Å². The van der Waals surface area contributed by atoms with Gasteiger partial charge in [-0.1, -0.05) is 52.5 Å². The van der Waals surface area contributed by atoms with Gasteiger partial charge in [0.15, 0.2) is 0 Å². The number of carbonyl (C=O) groups is 1. The van der Waals surface area contributed by atoms with E-state index in [1.54, 1.807) is 6.07 Å². The molecule has 0 atom stereocenters. The topological polar surface area (TPSA) is 37.3 Å². The first-order valence-electron chi connectivity index (χ1n) is 9.32. The average molecular weight is 427 g/mol. The van der Waals surface area contributed by atoms with Crippen LogP contribution in [0.2, 0.25) is 0 Å². The zero-order valence-corrected chi connectivity index (χ0v) is 18.3. The summed E-state index contributed by atoms with van der Waals surface area (Å²) in [6.07, 6.45) is 2.36. The minimum atomic E-state index is -0.937. The number of fused-ring (bicyclic) bond motifs is 1. The van der Waals surface area contributed by atoms with Crippen LogP contribution in [0.3, 0.4) is 0 Å². The molecule has 0 aliphatic heterocycles. The molecule has 1 aliphatic carbocycles. The van der Waals surface area contributed by atoms with Crippen LogP contribution in [0.5, 0.6) is 0 Å². The van der Waals surface area contributed by atoms with Crippen LogP contribution in [-0.4, -0.2) is 11.1 Å². The fourth-order valence-corrected chi connectivity index (χ4v) is 4.63. The number of hydrogen-bond donors (Lipinski definition) is 1. The molecule has 142 valence electrons. The summed E-state index contributed by atoms with van der Waals surface area (Å²) in [4.78, 5) is 11.3. The lowest BCUT2D eigenvalue weighted by molar-refractivity contribution is 0.0696. The molecule has 0 unspecified atom stereocenters. The maximum atomic E-state index is 11.3. The highest BCUT2D eigenvalue weighted by Crippen LogP contribution is 2.47. The Morgan fingerprint density at radius 2 is 1.56 bits per heavy atom. The van der Waals surface area contributed by atoms with Crippen LogP contribution >= 0.6 is 15.9 Å². The number of halogens is 1. The molecule has 0 saturated heterocycles. The van der Waals surface area contributed by atoms with E-state index in [-0.39, 0.29) is 16.4 Å². The first-order chi connectivity index (χ1) is 12.4. The maximum Gasteiger partial charge on any atom is 0.336 e. The van der Waals surface area contributed by atoms with Crippen molar-refractivity contribution in [1.29, 1.82) is 0 Å². The predicted molar refractivity (Wildman–Crippen MR) is 116 cm³/mol. The lowest BCUT2D eigenvalue weighted by atomic mass is 9.62. The van der Waals surface area contributed by atoms with Gasteiger partial charge in [-0.15, -0.1) is 0 Å². The summed E-state index contributed by atoms with van der Waals surface area (Å²) >= 11 is 3.38. The lowest BCUT2D eigenvalue weighted by Crippen LogP contribution is -2.34. The van der Waals surface area contributed by atoms with Crippen LogP contribution in [0.1, 0.15) is 78.7 Å². The Kier molecular flexibility index (Phi) is 4.88. The Balaban J connectivity index is 2.12. The highest BCUT2D eigenvalue weighted by Gasteiger charge is 2.37. The number of hydrogen-bond acceptors (Lipinski definition) is 1. The smallest absolute Gasteiger partial charge is 0.336 e. The van der Waals surface area contributed by atoms with Gasteiger partial charge in [-0.25, -0.2) is 4.79 Å². The Morgan fingerprint density at radius 1 is 1.00 bits per heavy atom. The van der Waals surface area contributed by atoms with Crippen LogP contribution in [0.15, 0.2) is 41.4 Å². The van der Waals surface area contributed by atoms with Gasteiger partial charge in [-0.2, -0.15) is 0 Å². The molecule has 2 aromatic rings. The third kappa shape index (κ3) is 3.50. The third-order valence-corrected chi connectivity index (χ3v) is 6.73. The standard InChI is InChI=1S/C24H27BrO2/c1-14-11-19-20(24(5,6)10-9-23(19,3)4)13-18(14)15(2)16-7-8-17(22(26)27)21(25)12-16/h7-8,11-13H,2,9-10H2,1,3-6H3,(H,26,27). The summed E-state index contributed by atoms with van der Waals surface area (Å²) in [5, 5.41) is 9.24. The van der Waals surface area contributed by atoms with Crippen molar-refractivity contribution < 1.29 is 9.90 Å². The summed E-state index contributed by atoms with van der Waals surface area (Å²) < 4.78 is 0.575. The van der Waals surface area contributed by atoms with Crippen molar-refractivity contribution >= 4 is 27.5 Å². The molecule has 1 aliphatic rings. The van der Waals surface area contributed by atoms with E-state index in [0.717, 1.165) is 16.7 Å². The van der Waals surface area contributed by atoms with Crippen LogP contribution in [0.25, 0.3) is 5.57 Å². The van der Waals surface area contributed by atoms with E-state index in [1.807, 2.05) is 12.1 Å². The molecule has 0 amide bonds. The van der Waals surface area contributed by atoms with E-state index < -0.39 is 5.97 Å². The number of carboxylic acid groups (broad SMARTS) is 1. The van der Waals surface area contributed by atoms with E-state index in [9.17, 15) is 9.90 Å². The van der Waals surface area contributed by atoms with Crippen LogP contribution in [0, 0.1) is 6.92 Å². The summed E-state index contributed by atoms with van der Waals surface area (Å²) in [6.45, 7) is 15.8. The zero-order chi connectivity index (χ0) is 20.1. The van der Waals surface area contributed by atoms with Crippen molar-refractivity contribution in [1.82, 2.24) is 0 Å². The highest BCUT2D eigenvalue weighted by molar-refractivity contribution is 9.10. The van der Waals surface area contributed by atoms with Crippen molar-refractivity contribution in [2.75, 3.05) is 0 Å². The molecule has 0 fully saturated rings. The Hall–Kier alpha value is -1.87. The fraction of sp³-hybridized carbons (Fsp3) is 0.375. The molecule has 2 nitrogen and oxygen atoms in total. The van der Waals surface area contributed by atoms with E-state index in [2.05, 4.69) is 69.3 Å². The molecule has 2 aromatic carbocycles. The molecule has 0 bridgehead atoms. The Labute approximate surface area is 170 Å². The average Bonchev–Trinajstić information content (AvgIpc) is 2.57. The minimum absolute atomic E-state index is 0.140. The van der Waals surface area contributed by atoms with Gasteiger partial charge in [0.05, 0.1) is 5.56 Å². The van der Waals surface area contributed by atoms with Crippen LogP contribution < -0.4 is 0 Å². The third-order valence-electron chi connectivity index (χ3n) is 6.07. The fourth-order valence-electron chi connectivity index (χ4n) is 4.08. The quantitative estimate of drug-likeness (QED) is 0.581. The lowest BCUT2D eigenvalue weighted by Gasteiger charge is -2.42. The highest BCUT2D eigenvalue weighted by atomic mass is 79.9. The van der Waals surface area contributed by atoms with Gasteiger partial charge in [0.25, 0.3) is 0 Å². The summed E-state index contributed by atoms with van der Waals surface area (Å²) in [6, 6.07) is 9.96. The molecular weight excluding hydrogens is 400 g/mol. The summed E-state index contributed by atoms with van der Waals surface area (Å²) in [5.41, 5.74) is 7.63. The molecule has 0 heterocycles. The molecule has 0 spiro atoms. The monoisotopic (exact) mass is 426 g/mol. The van der Waals surface area contributed by atoms with Gasteiger partial charge in [-0.3, -0.25) is 0 Å². The molecule has 0 saturated carbocycles. The second kappa shape index (κ2) is 6.63. The SMILES string of the molecule is C=C(c1ccc(C(=O)O)c(Br)c1)c1cc2c(cc1C)C(C)(C)CCC2(C)C. The van der Waals surface area contributed by atoms with Gasteiger partial charge in [0.2, 0.25) is 0 Å². The van der Waals surface area contributed by atoms with Gasteiger partial charge in [0.1, 0.15) is 0 Å². The van der Waals surface area contributed by atoms with E-state index in [1.165, 1.54) is 29.5 Å².